The number of ether oxygens (including phenoxy) is 1. The average molecular weight is 503 g/mol. The molecule has 194 valence electrons. The molecule has 1 heterocycles. The Morgan fingerprint density at radius 1 is 0.838 bits per heavy atom. The van der Waals surface area contributed by atoms with Gasteiger partial charge in [-0.15, -0.1) is 0 Å². The third-order valence-electron chi connectivity index (χ3n) is 6.42. The van der Waals surface area contributed by atoms with Gasteiger partial charge in [0.2, 0.25) is 5.91 Å². The third kappa shape index (κ3) is 7.38. The molecule has 8 nitrogen and oxygen atoms in total. The van der Waals surface area contributed by atoms with E-state index in [2.05, 4.69) is 16.0 Å². The summed E-state index contributed by atoms with van der Waals surface area (Å²) in [5.41, 5.74) is 7.50. The van der Waals surface area contributed by atoms with E-state index in [1.165, 1.54) is 5.56 Å². The highest BCUT2D eigenvalue weighted by Crippen LogP contribution is 2.25. The molecular weight excluding hydrogens is 468 g/mol. The monoisotopic (exact) mass is 502 g/mol. The Morgan fingerprint density at radius 3 is 2.38 bits per heavy atom. The van der Waals surface area contributed by atoms with Gasteiger partial charge in [-0.1, -0.05) is 66.7 Å². The van der Waals surface area contributed by atoms with Gasteiger partial charge in [0.1, 0.15) is 6.04 Å². The summed E-state index contributed by atoms with van der Waals surface area (Å²) in [5, 5.41) is 10.5. The number of hydrogen-bond donors (Lipinski definition) is 4. The number of carbonyl (C=O) groups is 3. The average Bonchev–Trinajstić information content (AvgIpc) is 3.73. The SMILES string of the molecule is NCCCC[C@H](NC(=O)[C@H]1O[C@@H]1C(=O)NCCCc1ccccc1)C(=O)Nc1cccc2ccccc12. The first-order valence-electron chi connectivity index (χ1n) is 12.8. The first-order valence-corrected chi connectivity index (χ1v) is 12.8. The largest absolute Gasteiger partial charge is 0.354 e. The first-order chi connectivity index (χ1) is 18.1. The smallest absolute Gasteiger partial charge is 0.253 e. The number of nitrogens with two attached hydrogens (primary N) is 1. The first kappa shape index (κ1) is 26.3. The fourth-order valence-corrected chi connectivity index (χ4v) is 4.33. The Morgan fingerprint density at radius 2 is 1.57 bits per heavy atom. The molecule has 1 fully saturated rings. The van der Waals surface area contributed by atoms with E-state index in [1.807, 2.05) is 72.8 Å². The van der Waals surface area contributed by atoms with Gasteiger partial charge < -0.3 is 26.4 Å². The molecule has 8 heteroatoms. The molecule has 1 saturated heterocycles. The van der Waals surface area contributed by atoms with Crippen LogP contribution in [0.4, 0.5) is 5.69 Å². The number of benzene rings is 3. The Hall–Kier alpha value is -3.75. The van der Waals surface area contributed by atoms with Crippen LogP contribution in [0.5, 0.6) is 0 Å². The summed E-state index contributed by atoms with van der Waals surface area (Å²) in [6, 6.07) is 22.7. The maximum Gasteiger partial charge on any atom is 0.253 e. The summed E-state index contributed by atoms with van der Waals surface area (Å²) in [4.78, 5) is 38.4. The maximum atomic E-state index is 13.2. The number of hydrogen-bond acceptors (Lipinski definition) is 5. The molecule has 3 aromatic rings. The quantitative estimate of drug-likeness (QED) is 0.211. The zero-order chi connectivity index (χ0) is 26.0. The molecule has 0 aliphatic carbocycles. The molecule has 4 rings (SSSR count). The fraction of sp³-hybridized carbons (Fsp3) is 0.345. The van der Waals surface area contributed by atoms with E-state index in [0.29, 0.717) is 31.6 Å². The molecule has 5 N–H and O–H groups in total. The van der Waals surface area contributed by atoms with Crippen molar-refractivity contribution < 1.29 is 19.1 Å². The lowest BCUT2D eigenvalue weighted by molar-refractivity contribution is -0.127. The number of amides is 3. The van der Waals surface area contributed by atoms with Gasteiger partial charge in [-0.05, 0) is 55.7 Å². The molecule has 3 aromatic carbocycles. The Balaban J connectivity index is 1.29. The Labute approximate surface area is 216 Å². The second-order valence-corrected chi connectivity index (χ2v) is 9.22. The van der Waals surface area contributed by atoms with E-state index < -0.39 is 24.2 Å². The van der Waals surface area contributed by atoms with Crippen LogP contribution in [0.15, 0.2) is 72.8 Å². The standard InChI is InChI=1S/C29H34N4O4/c30-18-7-6-16-24(27(34)32-23-17-8-14-21-13-4-5-15-22(21)23)33-29(36)26-25(37-26)28(35)31-19-9-12-20-10-2-1-3-11-20/h1-5,8,10-11,13-15,17,24-26H,6-7,9,12,16,18-19,30H2,(H,31,35)(H,32,34)(H,33,36)/t24-,25-,26-/m0/s1. The van der Waals surface area contributed by atoms with Crippen LogP contribution in [0.3, 0.4) is 0 Å². The van der Waals surface area contributed by atoms with Gasteiger partial charge in [-0.25, -0.2) is 0 Å². The van der Waals surface area contributed by atoms with Gasteiger partial charge in [0.25, 0.3) is 11.8 Å². The van der Waals surface area contributed by atoms with E-state index in [-0.39, 0.29) is 11.8 Å². The lowest BCUT2D eigenvalue weighted by Crippen LogP contribution is -2.46. The molecule has 3 atom stereocenters. The molecule has 0 spiro atoms. The van der Waals surface area contributed by atoms with Crippen LogP contribution in [0.1, 0.15) is 31.2 Å². The van der Waals surface area contributed by atoms with Gasteiger partial charge in [0, 0.05) is 17.6 Å². The van der Waals surface area contributed by atoms with Crippen LogP contribution in [0.25, 0.3) is 10.8 Å². The Bertz CT molecular complexity index is 1210. The Kier molecular flexibility index (Phi) is 9.24. The minimum atomic E-state index is -0.892. The van der Waals surface area contributed by atoms with Gasteiger partial charge >= 0.3 is 0 Å². The normalized spacial score (nSPS) is 17.1. The van der Waals surface area contributed by atoms with E-state index in [0.717, 1.165) is 30.0 Å². The number of unbranched alkanes of at least 4 members (excludes halogenated alkanes) is 1. The highest BCUT2D eigenvalue weighted by molar-refractivity contribution is 6.05. The van der Waals surface area contributed by atoms with Gasteiger partial charge in [-0.2, -0.15) is 0 Å². The molecule has 1 aliphatic rings. The van der Waals surface area contributed by atoms with Crippen molar-refractivity contribution in [1.29, 1.82) is 0 Å². The van der Waals surface area contributed by atoms with Crippen molar-refractivity contribution in [2.75, 3.05) is 18.4 Å². The van der Waals surface area contributed by atoms with Gasteiger partial charge in [0.15, 0.2) is 12.2 Å². The van der Waals surface area contributed by atoms with Gasteiger partial charge in [0.05, 0.1) is 0 Å². The van der Waals surface area contributed by atoms with Crippen molar-refractivity contribution in [3.63, 3.8) is 0 Å². The van der Waals surface area contributed by atoms with Gasteiger partial charge in [-0.3, -0.25) is 14.4 Å². The summed E-state index contributed by atoms with van der Waals surface area (Å²) in [6.07, 6.45) is 1.77. The summed E-state index contributed by atoms with van der Waals surface area (Å²) in [6.45, 7) is 1.00. The second kappa shape index (κ2) is 13.0. The van der Waals surface area contributed by atoms with E-state index in [1.54, 1.807) is 0 Å². The minimum absolute atomic E-state index is 0.312. The van der Waals surface area contributed by atoms with E-state index in [9.17, 15) is 14.4 Å². The molecule has 0 unspecified atom stereocenters. The molecule has 0 radical (unpaired) electrons. The molecular formula is C29H34N4O4. The number of fused-ring (bicyclic) bond motifs is 1. The van der Waals surface area contributed by atoms with Crippen LogP contribution >= 0.6 is 0 Å². The highest BCUT2D eigenvalue weighted by Gasteiger charge is 2.50. The topological polar surface area (TPSA) is 126 Å². The van der Waals surface area contributed by atoms with Crippen LogP contribution in [0.2, 0.25) is 0 Å². The zero-order valence-electron chi connectivity index (χ0n) is 20.8. The fourth-order valence-electron chi connectivity index (χ4n) is 4.33. The molecule has 0 bridgehead atoms. The van der Waals surface area contributed by atoms with Crippen molar-refractivity contribution in [2.45, 2.75) is 50.4 Å². The predicted octanol–water partition coefficient (Wildman–Crippen LogP) is 2.91. The maximum absolute atomic E-state index is 13.2. The van der Waals surface area contributed by atoms with Crippen LogP contribution in [0, 0.1) is 0 Å². The summed E-state index contributed by atoms with van der Waals surface area (Å²) < 4.78 is 5.36. The van der Waals surface area contributed by atoms with Crippen molar-refractivity contribution >= 4 is 34.2 Å². The summed E-state index contributed by atoms with van der Waals surface area (Å²) in [7, 11) is 0. The lowest BCUT2D eigenvalue weighted by Gasteiger charge is -2.19. The number of nitrogens with one attached hydrogen (secondary N) is 3. The number of anilines is 1. The van der Waals surface area contributed by atoms with Crippen LogP contribution in [-0.4, -0.2) is 49.1 Å². The van der Waals surface area contributed by atoms with Crippen molar-refractivity contribution in [2.24, 2.45) is 5.73 Å². The number of epoxide rings is 1. The predicted molar refractivity (Wildman–Crippen MR) is 144 cm³/mol. The van der Waals surface area contributed by atoms with Crippen molar-refractivity contribution in [1.82, 2.24) is 10.6 Å². The van der Waals surface area contributed by atoms with Crippen LogP contribution < -0.4 is 21.7 Å². The van der Waals surface area contributed by atoms with E-state index >= 15 is 0 Å². The van der Waals surface area contributed by atoms with Crippen molar-refractivity contribution in [3.05, 3.63) is 78.4 Å². The van der Waals surface area contributed by atoms with Crippen molar-refractivity contribution in [3.8, 4) is 0 Å². The minimum Gasteiger partial charge on any atom is -0.354 e. The second-order valence-electron chi connectivity index (χ2n) is 9.22. The molecule has 0 aromatic heterocycles. The molecule has 37 heavy (non-hydrogen) atoms. The molecule has 3 amide bonds. The summed E-state index contributed by atoms with van der Waals surface area (Å²) in [5.74, 6) is -1.09. The zero-order valence-corrected chi connectivity index (χ0v) is 20.8. The van der Waals surface area contributed by atoms with Crippen LogP contribution in [-0.2, 0) is 25.5 Å². The summed E-state index contributed by atoms with van der Waals surface area (Å²) >= 11 is 0. The number of carbonyl (C=O) groups excluding carboxylic acids is 3. The van der Waals surface area contributed by atoms with E-state index in [4.69, 9.17) is 10.5 Å². The third-order valence-corrected chi connectivity index (χ3v) is 6.42. The molecule has 0 saturated carbocycles. The number of rotatable bonds is 13. The number of aryl methyl sites for hydroxylation is 1. The highest BCUT2D eigenvalue weighted by atomic mass is 16.6. The molecule has 1 aliphatic heterocycles. The lowest BCUT2D eigenvalue weighted by atomic mass is 10.1.